The van der Waals surface area contributed by atoms with E-state index in [4.69, 9.17) is 4.74 Å². The number of aromatic nitrogens is 2. The highest BCUT2D eigenvalue weighted by atomic mass is 16.5. The van der Waals surface area contributed by atoms with Crippen molar-refractivity contribution in [2.75, 3.05) is 0 Å². The number of hydrogen-bond acceptors (Lipinski definition) is 3. The van der Waals surface area contributed by atoms with Crippen molar-refractivity contribution < 1.29 is 4.74 Å². The van der Waals surface area contributed by atoms with Gasteiger partial charge in [0.2, 0.25) is 0 Å². The summed E-state index contributed by atoms with van der Waals surface area (Å²) in [6, 6.07) is 0.563. The first kappa shape index (κ1) is 12.6. The molecule has 17 heavy (non-hydrogen) atoms. The van der Waals surface area contributed by atoms with Gasteiger partial charge in [-0.1, -0.05) is 0 Å². The molecule has 2 heterocycles. The number of ether oxygens (including phenoxy) is 1. The average molecular weight is 237 g/mol. The Hall–Kier alpha value is -0.870. The average Bonchev–Trinajstić information content (AvgIpc) is 2.53. The zero-order valence-corrected chi connectivity index (χ0v) is 11.2. The van der Waals surface area contributed by atoms with Crippen LogP contribution in [0.5, 0.6) is 0 Å². The van der Waals surface area contributed by atoms with Gasteiger partial charge >= 0.3 is 0 Å². The maximum Gasteiger partial charge on any atom is 0.0638 e. The summed E-state index contributed by atoms with van der Waals surface area (Å²) >= 11 is 0. The van der Waals surface area contributed by atoms with E-state index in [1.165, 1.54) is 5.56 Å². The van der Waals surface area contributed by atoms with Gasteiger partial charge in [0, 0.05) is 31.4 Å². The van der Waals surface area contributed by atoms with Crippen LogP contribution in [0, 0.1) is 6.92 Å². The highest BCUT2D eigenvalue weighted by Crippen LogP contribution is 2.19. The van der Waals surface area contributed by atoms with Gasteiger partial charge in [-0.15, -0.1) is 0 Å². The maximum atomic E-state index is 5.74. The molecule has 0 spiro atoms. The number of nitrogens with zero attached hydrogens (tertiary/aromatic N) is 2. The van der Waals surface area contributed by atoms with Crippen molar-refractivity contribution in [3.8, 4) is 0 Å². The van der Waals surface area contributed by atoms with E-state index < -0.39 is 0 Å². The molecule has 1 aliphatic heterocycles. The van der Waals surface area contributed by atoms with Gasteiger partial charge < -0.3 is 10.1 Å². The van der Waals surface area contributed by atoms with Crippen molar-refractivity contribution in [3.05, 3.63) is 17.5 Å². The molecule has 2 rings (SSSR count). The third-order valence-corrected chi connectivity index (χ3v) is 3.39. The Labute approximate surface area is 103 Å². The molecule has 96 valence electrons. The molecular weight excluding hydrogens is 214 g/mol. The molecule has 1 aromatic rings. The second-order valence-corrected chi connectivity index (χ2v) is 5.22. The molecule has 4 heteroatoms. The highest BCUT2D eigenvalue weighted by Gasteiger charge is 2.23. The molecule has 4 nitrogen and oxygen atoms in total. The Morgan fingerprint density at radius 2 is 2.06 bits per heavy atom. The summed E-state index contributed by atoms with van der Waals surface area (Å²) in [7, 11) is 1.97. The van der Waals surface area contributed by atoms with E-state index in [2.05, 4.69) is 37.4 Å². The van der Waals surface area contributed by atoms with Crippen LogP contribution >= 0.6 is 0 Å². The fourth-order valence-corrected chi connectivity index (χ4v) is 2.65. The van der Waals surface area contributed by atoms with E-state index in [9.17, 15) is 0 Å². The summed E-state index contributed by atoms with van der Waals surface area (Å²) in [5, 5.41) is 7.98. The first-order chi connectivity index (χ1) is 8.04. The fraction of sp³-hybridized carbons (Fsp3) is 0.769. The minimum Gasteiger partial charge on any atom is -0.375 e. The zero-order chi connectivity index (χ0) is 12.4. The molecule has 1 fully saturated rings. The lowest BCUT2D eigenvalue weighted by atomic mass is 9.99. The van der Waals surface area contributed by atoms with E-state index >= 15 is 0 Å². The summed E-state index contributed by atoms with van der Waals surface area (Å²) in [6.07, 6.45) is 5.03. The van der Waals surface area contributed by atoms with Crippen molar-refractivity contribution in [2.24, 2.45) is 7.05 Å². The molecule has 2 atom stereocenters. The van der Waals surface area contributed by atoms with Crippen molar-refractivity contribution in [1.82, 2.24) is 15.1 Å². The Morgan fingerprint density at radius 3 is 2.59 bits per heavy atom. The molecule has 1 aromatic heterocycles. The first-order valence-electron chi connectivity index (χ1n) is 6.42. The van der Waals surface area contributed by atoms with Crippen molar-refractivity contribution >= 4 is 0 Å². The molecule has 0 aliphatic carbocycles. The number of hydrogen-bond donors (Lipinski definition) is 1. The van der Waals surface area contributed by atoms with Crippen LogP contribution < -0.4 is 5.32 Å². The standard InChI is InChI=1S/C13H23N3O/c1-9-5-13(6-10(2)17-9)14-7-12-8-16(4)15-11(12)3/h8-10,13-14H,5-7H2,1-4H3. The van der Waals surface area contributed by atoms with Crippen LogP contribution in [0.4, 0.5) is 0 Å². The number of nitrogens with one attached hydrogen (secondary N) is 1. The summed E-state index contributed by atoms with van der Waals surface area (Å²) in [5.74, 6) is 0. The highest BCUT2D eigenvalue weighted by molar-refractivity contribution is 5.14. The summed E-state index contributed by atoms with van der Waals surface area (Å²) < 4.78 is 7.62. The predicted octanol–water partition coefficient (Wildman–Crippen LogP) is 1.77. The third-order valence-electron chi connectivity index (χ3n) is 3.39. The van der Waals surface area contributed by atoms with Gasteiger partial charge in [0.1, 0.15) is 0 Å². The van der Waals surface area contributed by atoms with Gasteiger partial charge in [0.25, 0.3) is 0 Å². The zero-order valence-electron chi connectivity index (χ0n) is 11.2. The second-order valence-electron chi connectivity index (χ2n) is 5.22. The monoisotopic (exact) mass is 237 g/mol. The molecule has 1 N–H and O–H groups in total. The molecular formula is C13H23N3O. The maximum absolute atomic E-state index is 5.74. The van der Waals surface area contributed by atoms with Crippen molar-refractivity contribution in [1.29, 1.82) is 0 Å². The minimum absolute atomic E-state index is 0.367. The molecule has 0 radical (unpaired) electrons. The molecule has 0 amide bonds. The Bertz CT molecular complexity index is 365. The number of aryl methyl sites for hydroxylation is 2. The number of rotatable bonds is 3. The van der Waals surface area contributed by atoms with E-state index in [0.717, 1.165) is 25.1 Å². The van der Waals surface area contributed by atoms with Crippen LogP contribution in [0.25, 0.3) is 0 Å². The normalized spacial score (nSPS) is 29.5. The second kappa shape index (κ2) is 5.19. The van der Waals surface area contributed by atoms with E-state index in [0.29, 0.717) is 18.2 Å². The van der Waals surface area contributed by atoms with Gasteiger partial charge in [0.05, 0.1) is 17.9 Å². The molecule has 1 aliphatic rings. The molecule has 2 unspecified atom stereocenters. The molecule has 1 saturated heterocycles. The topological polar surface area (TPSA) is 39.1 Å². The van der Waals surface area contributed by atoms with Crippen LogP contribution in [0.15, 0.2) is 6.20 Å². The van der Waals surface area contributed by atoms with Gasteiger partial charge in [-0.25, -0.2) is 0 Å². The third kappa shape index (κ3) is 3.30. The van der Waals surface area contributed by atoms with Crippen LogP contribution in [0.3, 0.4) is 0 Å². The lowest BCUT2D eigenvalue weighted by molar-refractivity contribution is -0.0422. The van der Waals surface area contributed by atoms with Crippen LogP contribution in [0.2, 0.25) is 0 Å². The van der Waals surface area contributed by atoms with Gasteiger partial charge in [-0.3, -0.25) is 4.68 Å². The van der Waals surface area contributed by atoms with E-state index in [1.807, 2.05) is 11.7 Å². The summed E-state index contributed by atoms with van der Waals surface area (Å²) in [4.78, 5) is 0. The Balaban J connectivity index is 1.87. The van der Waals surface area contributed by atoms with Crippen LogP contribution in [-0.2, 0) is 18.3 Å². The van der Waals surface area contributed by atoms with Crippen LogP contribution in [0.1, 0.15) is 37.9 Å². The van der Waals surface area contributed by atoms with E-state index in [-0.39, 0.29) is 0 Å². The lowest BCUT2D eigenvalue weighted by Gasteiger charge is -2.32. The molecule has 0 bridgehead atoms. The lowest BCUT2D eigenvalue weighted by Crippen LogP contribution is -2.41. The first-order valence-corrected chi connectivity index (χ1v) is 6.42. The summed E-state index contributed by atoms with van der Waals surface area (Å²) in [5.41, 5.74) is 2.41. The Morgan fingerprint density at radius 1 is 1.41 bits per heavy atom. The van der Waals surface area contributed by atoms with Gasteiger partial charge in [0.15, 0.2) is 0 Å². The SMILES string of the molecule is Cc1nn(C)cc1CNC1CC(C)OC(C)C1. The fourth-order valence-electron chi connectivity index (χ4n) is 2.65. The minimum atomic E-state index is 0.367. The molecule has 0 saturated carbocycles. The van der Waals surface area contributed by atoms with E-state index in [1.54, 1.807) is 0 Å². The largest absolute Gasteiger partial charge is 0.375 e. The Kier molecular flexibility index (Phi) is 3.84. The quantitative estimate of drug-likeness (QED) is 0.871. The molecule has 0 aromatic carbocycles. The van der Waals surface area contributed by atoms with Crippen molar-refractivity contribution in [2.45, 2.75) is 58.4 Å². The summed E-state index contributed by atoms with van der Waals surface area (Å²) in [6.45, 7) is 7.27. The predicted molar refractivity (Wildman–Crippen MR) is 67.8 cm³/mol. The van der Waals surface area contributed by atoms with Crippen molar-refractivity contribution in [3.63, 3.8) is 0 Å². The van der Waals surface area contributed by atoms with Gasteiger partial charge in [-0.05, 0) is 33.6 Å². The smallest absolute Gasteiger partial charge is 0.0638 e. The van der Waals surface area contributed by atoms with Gasteiger partial charge in [-0.2, -0.15) is 5.10 Å². The van der Waals surface area contributed by atoms with Crippen LogP contribution in [-0.4, -0.2) is 28.0 Å².